The monoisotopic (exact) mass is 220 g/mol. The van der Waals surface area contributed by atoms with Crippen LogP contribution in [0, 0.1) is 11.8 Å². The van der Waals surface area contributed by atoms with E-state index in [-0.39, 0.29) is 0 Å². The molecule has 1 rings (SSSR count). The van der Waals surface area contributed by atoms with Crippen molar-refractivity contribution in [1.29, 1.82) is 0 Å². The van der Waals surface area contributed by atoms with E-state index >= 15 is 0 Å². The van der Waals surface area contributed by atoms with E-state index < -0.39 is 12.1 Å². The Morgan fingerprint density at radius 1 is 1.38 bits per heavy atom. The smallest absolute Gasteiger partial charge is 0.384 e. The van der Waals surface area contributed by atoms with E-state index in [2.05, 4.69) is 16.6 Å². The van der Waals surface area contributed by atoms with Gasteiger partial charge in [-0.2, -0.15) is 0 Å². The Hall–Kier alpha value is -1.99. The van der Waals surface area contributed by atoms with Gasteiger partial charge >= 0.3 is 5.97 Å². The summed E-state index contributed by atoms with van der Waals surface area (Å²) in [6.45, 7) is 0. The number of aliphatic hydroxyl groups excluding tert-OH is 1. The molecule has 4 heteroatoms. The number of esters is 1. The summed E-state index contributed by atoms with van der Waals surface area (Å²) in [5.41, 5.74) is 0.515. The standard InChI is InChI=1S/C12H12O4/c1-15-11-6-4-3-5-9(11)10(13)7-8-12(14)16-2/h3-6,10,13H,1-2H3. The zero-order valence-electron chi connectivity index (χ0n) is 9.06. The maximum absolute atomic E-state index is 10.8. The summed E-state index contributed by atoms with van der Waals surface area (Å²) in [4.78, 5) is 10.8. The molecule has 0 heterocycles. The molecule has 16 heavy (non-hydrogen) atoms. The Morgan fingerprint density at radius 2 is 2.06 bits per heavy atom. The van der Waals surface area contributed by atoms with Crippen molar-refractivity contribution in [2.24, 2.45) is 0 Å². The maximum atomic E-state index is 10.8. The minimum absolute atomic E-state index is 0.515. The van der Waals surface area contributed by atoms with Crippen LogP contribution in [0.25, 0.3) is 0 Å². The number of benzene rings is 1. The molecular formula is C12H12O4. The van der Waals surface area contributed by atoms with E-state index in [1.807, 2.05) is 0 Å². The number of hydrogen-bond acceptors (Lipinski definition) is 4. The predicted molar refractivity (Wildman–Crippen MR) is 57.7 cm³/mol. The lowest BCUT2D eigenvalue weighted by Crippen LogP contribution is -2.00. The Morgan fingerprint density at radius 3 is 2.69 bits per heavy atom. The van der Waals surface area contributed by atoms with Crippen molar-refractivity contribution in [1.82, 2.24) is 0 Å². The molecule has 0 saturated heterocycles. The summed E-state index contributed by atoms with van der Waals surface area (Å²) in [5, 5.41) is 9.72. The lowest BCUT2D eigenvalue weighted by atomic mass is 10.1. The molecule has 0 fully saturated rings. The van der Waals surface area contributed by atoms with E-state index in [4.69, 9.17) is 4.74 Å². The molecule has 0 aliphatic carbocycles. The summed E-state index contributed by atoms with van der Waals surface area (Å²) < 4.78 is 9.39. The van der Waals surface area contributed by atoms with Gasteiger partial charge in [-0.15, -0.1) is 0 Å². The number of methoxy groups -OCH3 is 2. The Labute approximate surface area is 93.8 Å². The van der Waals surface area contributed by atoms with Gasteiger partial charge in [0.1, 0.15) is 11.9 Å². The van der Waals surface area contributed by atoms with E-state index in [9.17, 15) is 9.90 Å². The number of hydrogen-bond donors (Lipinski definition) is 1. The number of aliphatic hydroxyl groups is 1. The third-order valence-electron chi connectivity index (χ3n) is 1.93. The average molecular weight is 220 g/mol. The number of carbonyl (C=O) groups excluding carboxylic acids is 1. The molecular weight excluding hydrogens is 208 g/mol. The lowest BCUT2D eigenvalue weighted by Gasteiger charge is -2.09. The molecule has 0 spiro atoms. The van der Waals surface area contributed by atoms with Crippen LogP contribution in [0.4, 0.5) is 0 Å². The molecule has 4 nitrogen and oxygen atoms in total. The van der Waals surface area contributed by atoms with Gasteiger partial charge in [-0.3, -0.25) is 0 Å². The normalized spacial score (nSPS) is 10.9. The minimum atomic E-state index is -1.07. The molecule has 0 aliphatic heterocycles. The third kappa shape index (κ3) is 3.01. The molecule has 0 radical (unpaired) electrons. The summed E-state index contributed by atoms with van der Waals surface area (Å²) >= 11 is 0. The van der Waals surface area contributed by atoms with Crippen molar-refractivity contribution >= 4 is 5.97 Å². The molecule has 0 bridgehead atoms. The first-order chi connectivity index (χ1) is 7.69. The molecule has 1 aromatic carbocycles. The van der Waals surface area contributed by atoms with Crippen LogP contribution in [0.1, 0.15) is 11.7 Å². The maximum Gasteiger partial charge on any atom is 0.384 e. The second kappa shape index (κ2) is 5.79. The highest BCUT2D eigenvalue weighted by atomic mass is 16.5. The van der Waals surface area contributed by atoms with E-state index in [0.29, 0.717) is 11.3 Å². The molecule has 1 aromatic rings. The zero-order chi connectivity index (χ0) is 12.0. The van der Waals surface area contributed by atoms with Crippen LogP contribution in [0.15, 0.2) is 24.3 Å². The number of para-hydroxylation sites is 1. The van der Waals surface area contributed by atoms with Crippen LogP contribution >= 0.6 is 0 Å². The van der Waals surface area contributed by atoms with Gasteiger partial charge in [-0.25, -0.2) is 4.79 Å². The van der Waals surface area contributed by atoms with Crippen LogP contribution in [0.2, 0.25) is 0 Å². The van der Waals surface area contributed by atoms with Crippen molar-refractivity contribution in [3.63, 3.8) is 0 Å². The van der Waals surface area contributed by atoms with Gasteiger partial charge in [0.15, 0.2) is 0 Å². The first kappa shape index (κ1) is 12.1. The van der Waals surface area contributed by atoms with E-state index in [1.165, 1.54) is 14.2 Å². The predicted octanol–water partition coefficient (Wildman–Crippen LogP) is 0.905. The van der Waals surface area contributed by atoms with E-state index in [0.717, 1.165) is 0 Å². The van der Waals surface area contributed by atoms with Crippen molar-refractivity contribution in [3.05, 3.63) is 29.8 Å². The molecule has 84 valence electrons. The highest BCUT2D eigenvalue weighted by molar-refractivity contribution is 5.88. The molecule has 0 amide bonds. The Bertz CT molecular complexity index is 428. The van der Waals surface area contributed by atoms with Crippen molar-refractivity contribution in [2.75, 3.05) is 14.2 Å². The number of rotatable bonds is 2. The SMILES string of the molecule is COC(=O)C#CC(O)c1ccccc1OC. The van der Waals surface area contributed by atoms with Gasteiger partial charge in [0.05, 0.1) is 14.2 Å². The molecule has 0 aromatic heterocycles. The Balaban J connectivity index is 2.90. The minimum Gasteiger partial charge on any atom is -0.496 e. The molecule has 0 aliphatic rings. The van der Waals surface area contributed by atoms with Gasteiger partial charge in [0.2, 0.25) is 0 Å². The van der Waals surface area contributed by atoms with Gasteiger partial charge in [-0.1, -0.05) is 24.1 Å². The number of ether oxygens (including phenoxy) is 2. The van der Waals surface area contributed by atoms with Crippen LogP contribution in [0.3, 0.4) is 0 Å². The fourth-order valence-corrected chi connectivity index (χ4v) is 1.15. The second-order valence-electron chi connectivity index (χ2n) is 2.91. The third-order valence-corrected chi connectivity index (χ3v) is 1.93. The second-order valence-corrected chi connectivity index (χ2v) is 2.91. The molecule has 1 unspecified atom stereocenters. The van der Waals surface area contributed by atoms with Gasteiger partial charge < -0.3 is 14.6 Å². The Kier molecular flexibility index (Phi) is 4.37. The lowest BCUT2D eigenvalue weighted by molar-refractivity contribution is -0.133. The largest absolute Gasteiger partial charge is 0.496 e. The van der Waals surface area contributed by atoms with Crippen molar-refractivity contribution in [3.8, 4) is 17.6 Å². The van der Waals surface area contributed by atoms with Crippen molar-refractivity contribution < 1.29 is 19.4 Å². The molecule has 0 saturated carbocycles. The zero-order valence-corrected chi connectivity index (χ0v) is 9.06. The number of carbonyl (C=O) groups is 1. The topological polar surface area (TPSA) is 55.8 Å². The summed E-state index contributed by atoms with van der Waals surface area (Å²) in [6.07, 6.45) is -1.07. The first-order valence-corrected chi connectivity index (χ1v) is 4.59. The average Bonchev–Trinajstić information content (AvgIpc) is 2.35. The first-order valence-electron chi connectivity index (χ1n) is 4.59. The fraction of sp³-hybridized carbons (Fsp3) is 0.250. The summed E-state index contributed by atoms with van der Waals surface area (Å²) in [6, 6.07) is 6.91. The van der Waals surface area contributed by atoms with E-state index in [1.54, 1.807) is 24.3 Å². The molecule has 1 N–H and O–H groups in total. The van der Waals surface area contributed by atoms with Crippen LogP contribution in [-0.2, 0) is 9.53 Å². The van der Waals surface area contributed by atoms with Crippen LogP contribution < -0.4 is 4.74 Å². The quantitative estimate of drug-likeness (QED) is 0.457. The fourth-order valence-electron chi connectivity index (χ4n) is 1.15. The summed E-state index contributed by atoms with van der Waals surface area (Å²) in [7, 11) is 2.73. The van der Waals surface area contributed by atoms with Gasteiger partial charge in [0.25, 0.3) is 0 Å². The van der Waals surface area contributed by atoms with Gasteiger partial charge in [-0.05, 0) is 6.07 Å². The highest BCUT2D eigenvalue weighted by Crippen LogP contribution is 2.23. The van der Waals surface area contributed by atoms with Gasteiger partial charge in [0, 0.05) is 11.5 Å². The summed E-state index contributed by atoms with van der Waals surface area (Å²) in [5.74, 6) is 4.38. The molecule has 1 atom stereocenters. The highest BCUT2D eigenvalue weighted by Gasteiger charge is 2.09. The van der Waals surface area contributed by atoms with Crippen LogP contribution in [-0.4, -0.2) is 25.3 Å². The van der Waals surface area contributed by atoms with Crippen molar-refractivity contribution in [2.45, 2.75) is 6.10 Å². The van der Waals surface area contributed by atoms with Crippen LogP contribution in [0.5, 0.6) is 5.75 Å².